The normalized spacial score (nSPS) is 38.7. The Kier molecular flexibility index (Phi) is 6.69. The van der Waals surface area contributed by atoms with Gasteiger partial charge in [0.2, 0.25) is 12.2 Å². The quantitative estimate of drug-likeness (QED) is 0.388. The molecule has 0 aliphatic heterocycles. The largest absolute Gasteiger partial charge is 0.481 e. The second-order valence-corrected chi connectivity index (χ2v) is 8.88. The number of hydrogen-bond acceptors (Lipinski definition) is 6. The summed E-state index contributed by atoms with van der Waals surface area (Å²) in [7, 11) is 0. The van der Waals surface area contributed by atoms with Crippen LogP contribution >= 0.6 is 0 Å². The molecule has 3 aliphatic rings. The van der Waals surface area contributed by atoms with Gasteiger partial charge in [-0.1, -0.05) is 12.2 Å². The van der Waals surface area contributed by atoms with Gasteiger partial charge in [0.05, 0.1) is 22.9 Å². The molecule has 0 aromatic rings. The molecular formula is C22H28N2O6. The molecule has 2 unspecified atom stereocenters. The van der Waals surface area contributed by atoms with Crippen LogP contribution in [0.1, 0.15) is 64.2 Å². The monoisotopic (exact) mass is 416 g/mol. The van der Waals surface area contributed by atoms with Gasteiger partial charge in [-0.2, -0.15) is 0 Å². The average molecular weight is 416 g/mol. The number of carboxylic acid groups (broad SMARTS) is 2. The van der Waals surface area contributed by atoms with Gasteiger partial charge in [0.1, 0.15) is 0 Å². The zero-order valence-electron chi connectivity index (χ0n) is 17.0. The van der Waals surface area contributed by atoms with E-state index >= 15 is 0 Å². The van der Waals surface area contributed by atoms with Gasteiger partial charge in [-0.3, -0.25) is 9.59 Å². The highest BCUT2D eigenvalue weighted by Gasteiger charge is 2.67. The second-order valence-electron chi connectivity index (χ2n) is 8.88. The van der Waals surface area contributed by atoms with E-state index in [9.17, 15) is 29.4 Å². The van der Waals surface area contributed by atoms with Gasteiger partial charge in [0.25, 0.3) is 0 Å². The number of carbonyl (C=O) groups is 2. The fraction of sp³-hybridized carbons (Fsp3) is 0.727. The fourth-order valence-corrected chi connectivity index (χ4v) is 6.41. The minimum atomic E-state index is -1.41. The number of aliphatic carboxylic acids is 2. The lowest BCUT2D eigenvalue weighted by Gasteiger charge is -2.56. The van der Waals surface area contributed by atoms with Gasteiger partial charge >= 0.3 is 11.9 Å². The molecule has 0 spiro atoms. The average Bonchev–Trinajstić information content (AvgIpc) is 2.75. The molecule has 2 atom stereocenters. The van der Waals surface area contributed by atoms with Crippen molar-refractivity contribution >= 4 is 24.1 Å². The summed E-state index contributed by atoms with van der Waals surface area (Å²) in [4.78, 5) is 54.5. The number of carbonyl (C=O) groups excluding carboxylic acids is 2. The Bertz CT molecular complexity index is 730. The van der Waals surface area contributed by atoms with Crippen LogP contribution < -0.4 is 0 Å². The van der Waals surface area contributed by atoms with E-state index in [0.29, 0.717) is 51.4 Å². The molecule has 162 valence electrons. The molecule has 3 rings (SSSR count). The molecule has 0 aromatic carbocycles. The van der Waals surface area contributed by atoms with Gasteiger partial charge in [-0.05, 0) is 76.0 Å². The summed E-state index contributed by atoms with van der Waals surface area (Å²) in [6.07, 6.45) is 11.5. The zero-order valence-corrected chi connectivity index (χ0v) is 17.0. The van der Waals surface area contributed by atoms with Crippen LogP contribution in [0.25, 0.3) is 0 Å². The summed E-state index contributed by atoms with van der Waals surface area (Å²) < 4.78 is 0. The minimum absolute atomic E-state index is 0.167. The van der Waals surface area contributed by atoms with Gasteiger partial charge < -0.3 is 10.2 Å². The van der Waals surface area contributed by atoms with E-state index in [1.807, 2.05) is 12.2 Å². The van der Waals surface area contributed by atoms with E-state index in [4.69, 9.17) is 0 Å². The first-order chi connectivity index (χ1) is 14.4. The summed E-state index contributed by atoms with van der Waals surface area (Å²) in [6, 6.07) is -0.334. The summed E-state index contributed by atoms with van der Waals surface area (Å²) >= 11 is 0. The summed E-state index contributed by atoms with van der Waals surface area (Å²) in [5, 5.41) is 21.0. The third kappa shape index (κ3) is 3.55. The molecule has 0 radical (unpaired) electrons. The molecule has 30 heavy (non-hydrogen) atoms. The maximum Gasteiger partial charge on any atom is 0.311 e. The molecule has 0 bridgehead atoms. The van der Waals surface area contributed by atoms with E-state index in [0.717, 1.165) is 0 Å². The molecule has 0 saturated heterocycles. The molecule has 2 fully saturated rings. The minimum Gasteiger partial charge on any atom is -0.481 e. The molecule has 0 heterocycles. The van der Waals surface area contributed by atoms with Crippen molar-refractivity contribution in [1.82, 2.24) is 0 Å². The Morgan fingerprint density at radius 2 is 1.03 bits per heavy atom. The number of aliphatic imine (C=N–C) groups is 2. The molecule has 8 nitrogen and oxygen atoms in total. The lowest BCUT2D eigenvalue weighted by molar-refractivity contribution is -0.193. The van der Waals surface area contributed by atoms with Crippen LogP contribution in [-0.4, -0.2) is 46.4 Å². The maximum atomic E-state index is 12.9. The van der Waals surface area contributed by atoms with Gasteiger partial charge in [-0.25, -0.2) is 19.6 Å². The van der Waals surface area contributed by atoms with Crippen molar-refractivity contribution in [2.45, 2.75) is 76.3 Å². The first kappa shape index (κ1) is 22.1. The van der Waals surface area contributed by atoms with Gasteiger partial charge in [0.15, 0.2) is 0 Å². The molecule has 0 amide bonds. The topological polar surface area (TPSA) is 133 Å². The summed E-state index contributed by atoms with van der Waals surface area (Å²) in [5.74, 6) is -2.71. The number of carboxylic acids is 2. The highest BCUT2D eigenvalue weighted by atomic mass is 16.4. The van der Waals surface area contributed by atoms with Gasteiger partial charge in [0, 0.05) is 0 Å². The van der Waals surface area contributed by atoms with Crippen LogP contribution in [-0.2, 0) is 19.2 Å². The molecule has 0 aromatic heterocycles. The van der Waals surface area contributed by atoms with Crippen molar-refractivity contribution in [3.63, 3.8) is 0 Å². The lowest BCUT2D eigenvalue weighted by Crippen LogP contribution is -2.61. The molecule has 2 saturated carbocycles. The number of hydrogen-bond donors (Lipinski definition) is 2. The third-order valence-corrected chi connectivity index (χ3v) is 7.86. The highest BCUT2D eigenvalue weighted by Crippen LogP contribution is 2.62. The van der Waals surface area contributed by atoms with Crippen LogP contribution in [0.2, 0.25) is 0 Å². The maximum absolute atomic E-state index is 12.9. The number of isocyanates is 2. The van der Waals surface area contributed by atoms with Crippen LogP contribution in [0, 0.1) is 22.7 Å². The number of nitrogens with zero attached hydrogens (tertiary/aromatic N) is 2. The van der Waals surface area contributed by atoms with E-state index in [1.54, 1.807) is 12.2 Å². The molecular weight excluding hydrogens is 388 g/mol. The van der Waals surface area contributed by atoms with Crippen LogP contribution in [0.3, 0.4) is 0 Å². The van der Waals surface area contributed by atoms with E-state index in [2.05, 4.69) is 9.98 Å². The SMILES string of the molecule is O=C=NC1CCC(C2(C(=O)O)CC=CCC2(C(=O)O)C2CCC(N=C=O)CC2)CC1. The predicted octanol–water partition coefficient (Wildman–Crippen LogP) is 3.27. The Morgan fingerprint density at radius 3 is 1.30 bits per heavy atom. The van der Waals surface area contributed by atoms with Crippen molar-refractivity contribution < 1.29 is 29.4 Å². The molecule has 8 heteroatoms. The Hall–Kier alpha value is -2.56. The van der Waals surface area contributed by atoms with E-state index in [-0.39, 0.29) is 36.8 Å². The first-order valence-corrected chi connectivity index (χ1v) is 10.7. The lowest BCUT2D eigenvalue weighted by atomic mass is 9.45. The van der Waals surface area contributed by atoms with Crippen LogP contribution in [0.15, 0.2) is 22.1 Å². The Balaban J connectivity index is 2.00. The summed E-state index contributed by atoms with van der Waals surface area (Å²) in [6.45, 7) is 0. The van der Waals surface area contributed by atoms with Crippen LogP contribution in [0.4, 0.5) is 0 Å². The van der Waals surface area contributed by atoms with Crippen molar-refractivity contribution in [1.29, 1.82) is 0 Å². The van der Waals surface area contributed by atoms with E-state index < -0.39 is 22.8 Å². The van der Waals surface area contributed by atoms with Crippen molar-refractivity contribution in [3.8, 4) is 0 Å². The number of allylic oxidation sites excluding steroid dienone is 2. The zero-order chi connectivity index (χ0) is 21.8. The molecule has 3 aliphatic carbocycles. The van der Waals surface area contributed by atoms with Crippen molar-refractivity contribution in [2.24, 2.45) is 32.7 Å². The third-order valence-electron chi connectivity index (χ3n) is 7.86. The fourth-order valence-electron chi connectivity index (χ4n) is 6.41. The van der Waals surface area contributed by atoms with Crippen LogP contribution in [0.5, 0.6) is 0 Å². The Labute approximate surface area is 175 Å². The smallest absolute Gasteiger partial charge is 0.311 e. The number of rotatable bonds is 6. The first-order valence-electron chi connectivity index (χ1n) is 10.7. The highest BCUT2D eigenvalue weighted by molar-refractivity contribution is 5.88. The second kappa shape index (κ2) is 9.07. The van der Waals surface area contributed by atoms with E-state index in [1.165, 1.54) is 0 Å². The predicted molar refractivity (Wildman–Crippen MR) is 106 cm³/mol. The van der Waals surface area contributed by atoms with Crippen molar-refractivity contribution in [2.75, 3.05) is 0 Å². The summed E-state index contributed by atoms with van der Waals surface area (Å²) in [5.41, 5.74) is -2.82. The Morgan fingerprint density at radius 1 is 0.700 bits per heavy atom. The molecule has 2 N–H and O–H groups in total. The van der Waals surface area contributed by atoms with Crippen molar-refractivity contribution in [3.05, 3.63) is 12.2 Å². The van der Waals surface area contributed by atoms with Gasteiger partial charge in [-0.15, -0.1) is 0 Å². The standard InChI is InChI=1S/C22H28N2O6/c25-13-23-17-7-3-15(4-8-17)21(19(27)28)11-1-2-12-22(21,20(29)30)16-5-9-18(10-6-16)24-14-26/h1-2,15-18H,3-12H2,(H,27,28)(H,29,30).